The number of aliphatic hydroxyl groups is 1. The zero-order chi connectivity index (χ0) is 16.2. The van der Waals surface area contributed by atoms with E-state index in [1.165, 1.54) is 32.7 Å². The molecule has 0 aromatic rings. The van der Waals surface area contributed by atoms with Crippen LogP contribution in [0.2, 0.25) is 0 Å². The topological polar surface area (TPSA) is 59.9 Å². The third-order valence-corrected chi connectivity index (χ3v) is 4.47. The van der Waals surface area contributed by atoms with Crippen molar-refractivity contribution in [2.75, 3.05) is 26.7 Å². The van der Waals surface area contributed by atoms with Crippen LogP contribution in [-0.4, -0.2) is 67.0 Å². The Morgan fingerprint density at radius 3 is 2.52 bits per heavy atom. The van der Waals surface area contributed by atoms with Crippen LogP contribution < -0.4 is 10.6 Å². The average Bonchev–Trinajstić information content (AvgIpc) is 3.12. The minimum atomic E-state index is -4.61. The van der Waals surface area contributed by atoms with Crippen LogP contribution in [0.25, 0.3) is 0 Å². The molecule has 0 amide bonds. The Balaban J connectivity index is 0.00000264. The fourth-order valence-corrected chi connectivity index (χ4v) is 3.20. The van der Waals surface area contributed by atoms with Crippen LogP contribution >= 0.6 is 24.0 Å². The van der Waals surface area contributed by atoms with Gasteiger partial charge in [0.15, 0.2) is 12.1 Å². The van der Waals surface area contributed by atoms with Crippen molar-refractivity contribution in [1.82, 2.24) is 15.5 Å². The first-order valence-electron chi connectivity index (χ1n) is 7.86. The molecule has 2 aliphatic rings. The molecule has 5 nitrogen and oxygen atoms in total. The fraction of sp³-hybridized carbons (Fsp3) is 0.929. The van der Waals surface area contributed by atoms with E-state index in [1.807, 2.05) is 0 Å². The standard InChI is InChI=1S/C14H25F3N4O.HI/c1-18-13(19-8-12(22)14(15,16)17)20-10-6-7-21(9-10)11-4-2-3-5-11;/h10-12,22H,2-9H2,1H3,(H2,18,19,20);1H. The molecule has 2 fully saturated rings. The van der Waals surface area contributed by atoms with Gasteiger partial charge in [-0.05, 0) is 19.3 Å². The number of rotatable bonds is 4. The molecule has 0 radical (unpaired) electrons. The highest BCUT2D eigenvalue weighted by atomic mass is 127. The number of nitrogens with one attached hydrogen (secondary N) is 2. The molecule has 0 aromatic carbocycles. The number of hydrogen-bond acceptors (Lipinski definition) is 3. The van der Waals surface area contributed by atoms with Crippen LogP contribution in [0.1, 0.15) is 32.1 Å². The largest absolute Gasteiger partial charge is 0.416 e. The Morgan fingerprint density at radius 2 is 1.96 bits per heavy atom. The molecule has 0 bridgehead atoms. The van der Waals surface area contributed by atoms with E-state index in [0.29, 0.717) is 12.0 Å². The molecule has 1 saturated heterocycles. The average molecular weight is 450 g/mol. The van der Waals surface area contributed by atoms with E-state index in [0.717, 1.165) is 19.5 Å². The maximum atomic E-state index is 12.3. The summed E-state index contributed by atoms with van der Waals surface area (Å²) < 4.78 is 36.8. The Kier molecular flexibility index (Phi) is 8.36. The Labute approximate surface area is 152 Å². The Hall–Kier alpha value is -0.290. The fourth-order valence-electron chi connectivity index (χ4n) is 3.20. The third kappa shape index (κ3) is 6.26. The van der Waals surface area contributed by atoms with Crippen LogP contribution in [0.4, 0.5) is 13.2 Å². The van der Waals surface area contributed by atoms with Gasteiger partial charge in [0.2, 0.25) is 0 Å². The van der Waals surface area contributed by atoms with Crippen LogP contribution in [0.15, 0.2) is 4.99 Å². The molecule has 2 atom stereocenters. The van der Waals surface area contributed by atoms with E-state index in [4.69, 9.17) is 5.11 Å². The van der Waals surface area contributed by atoms with Crippen molar-refractivity contribution in [2.45, 2.75) is 56.5 Å². The van der Waals surface area contributed by atoms with Gasteiger partial charge in [-0.15, -0.1) is 24.0 Å². The molecule has 1 saturated carbocycles. The maximum absolute atomic E-state index is 12.3. The zero-order valence-electron chi connectivity index (χ0n) is 13.3. The number of likely N-dealkylation sites (tertiary alicyclic amines) is 1. The van der Waals surface area contributed by atoms with Gasteiger partial charge in [-0.2, -0.15) is 13.2 Å². The van der Waals surface area contributed by atoms with Gasteiger partial charge in [0, 0.05) is 32.2 Å². The van der Waals surface area contributed by atoms with Gasteiger partial charge in [-0.3, -0.25) is 9.89 Å². The quantitative estimate of drug-likeness (QED) is 0.347. The lowest BCUT2D eigenvalue weighted by molar-refractivity contribution is -0.201. The number of aliphatic imine (C=N–C) groups is 1. The maximum Gasteiger partial charge on any atom is 0.416 e. The lowest BCUT2D eigenvalue weighted by Gasteiger charge is -2.24. The van der Waals surface area contributed by atoms with Crippen molar-refractivity contribution < 1.29 is 18.3 Å². The lowest BCUT2D eigenvalue weighted by atomic mass is 10.2. The molecule has 136 valence electrons. The summed E-state index contributed by atoms with van der Waals surface area (Å²) in [6.07, 6.45) is -0.966. The summed E-state index contributed by atoms with van der Waals surface area (Å²) in [6.45, 7) is 1.32. The molecule has 23 heavy (non-hydrogen) atoms. The first-order chi connectivity index (χ1) is 10.4. The lowest BCUT2D eigenvalue weighted by Crippen LogP contribution is -2.49. The van der Waals surface area contributed by atoms with Gasteiger partial charge in [0.05, 0.1) is 6.54 Å². The Morgan fingerprint density at radius 1 is 1.30 bits per heavy atom. The molecule has 0 aromatic heterocycles. The number of hydrogen-bond donors (Lipinski definition) is 3. The normalized spacial score (nSPS) is 25.3. The molecule has 0 spiro atoms. The minimum Gasteiger partial charge on any atom is -0.382 e. The second-order valence-electron chi connectivity index (χ2n) is 6.07. The van der Waals surface area contributed by atoms with Crippen molar-refractivity contribution in [3.8, 4) is 0 Å². The molecule has 1 heterocycles. The molecular formula is C14H26F3IN4O. The second kappa shape index (κ2) is 9.26. The monoisotopic (exact) mass is 450 g/mol. The number of aliphatic hydroxyl groups excluding tert-OH is 1. The summed E-state index contributed by atoms with van der Waals surface area (Å²) in [5, 5.41) is 14.7. The minimum absolute atomic E-state index is 0. The highest BCUT2D eigenvalue weighted by Gasteiger charge is 2.38. The third-order valence-electron chi connectivity index (χ3n) is 4.47. The number of guanidine groups is 1. The molecule has 2 unspecified atom stereocenters. The summed E-state index contributed by atoms with van der Waals surface area (Å²) in [7, 11) is 1.51. The predicted octanol–water partition coefficient (Wildman–Crippen LogP) is 1.71. The summed E-state index contributed by atoms with van der Waals surface area (Å²) in [6, 6.07) is 0.851. The molecular weight excluding hydrogens is 424 g/mol. The van der Waals surface area contributed by atoms with E-state index in [1.54, 1.807) is 0 Å². The smallest absolute Gasteiger partial charge is 0.382 e. The van der Waals surface area contributed by atoms with E-state index < -0.39 is 18.8 Å². The van der Waals surface area contributed by atoms with Crippen LogP contribution in [0, 0.1) is 0 Å². The van der Waals surface area contributed by atoms with Gasteiger partial charge in [-0.25, -0.2) is 0 Å². The second-order valence-corrected chi connectivity index (χ2v) is 6.07. The van der Waals surface area contributed by atoms with Gasteiger partial charge in [0.25, 0.3) is 0 Å². The van der Waals surface area contributed by atoms with Crippen molar-refractivity contribution in [3.63, 3.8) is 0 Å². The van der Waals surface area contributed by atoms with Crippen molar-refractivity contribution >= 4 is 29.9 Å². The van der Waals surface area contributed by atoms with Gasteiger partial charge in [0.1, 0.15) is 0 Å². The Bertz CT molecular complexity index is 389. The summed E-state index contributed by atoms with van der Waals surface area (Å²) in [4.78, 5) is 6.39. The van der Waals surface area contributed by atoms with Crippen LogP contribution in [0.3, 0.4) is 0 Å². The number of nitrogens with zero attached hydrogens (tertiary/aromatic N) is 2. The van der Waals surface area contributed by atoms with Gasteiger partial charge >= 0.3 is 6.18 Å². The first-order valence-corrected chi connectivity index (χ1v) is 7.86. The van der Waals surface area contributed by atoms with Crippen LogP contribution in [0.5, 0.6) is 0 Å². The van der Waals surface area contributed by atoms with E-state index >= 15 is 0 Å². The highest BCUT2D eigenvalue weighted by Crippen LogP contribution is 2.26. The molecule has 9 heteroatoms. The molecule has 1 aliphatic heterocycles. The summed E-state index contributed by atoms with van der Waals surface area (Å²) >= 11 is 0. The van der Waals surface area contributed by atoms with Crippen molar-refractivity contribution in [1.29, 1.82) is 0 Å². The summed E-state index contributed by atoms with van der Waals surface area (Å²) in [5.41, 5.74) is 0. The number of alkyl halides is 3. The first kappa shape index (κ1) is 20.8. The summed E-state index contributed by atoms with van der Waals surface area (Å²) in [5.74, 6) is 0.307. The molecule has 3 N–H and O–H groups in total. The SMILES string of the molecule is CN=C(NCC(O)C(F)(F)F)NC1CCN(C2CCCC2)C1.I. The predicted molar refractivity (Wildman–Crippen MR) is 94.2 cm³/mol. The van der Waals surface area contributed by atoms with E-state index in [-0.39, 0.29) is 30.0 Å². The van der Waals surface area contributed by atoms with E-state index in [2.05, 4.69) is 20.5 Å². The number of halogens is 4. The van der Waals surface area contributed by atoms with Crippen LogP contribution in [-0.2, 0) is 0 Å². The molecule has 1 aliphatic carbocycles. The molecule has 2 rings (SSSR count). The van der Waals surface area contributed by atoms with Gasteiger partial charge in [-0.1, -0.05) is 12.8 Å². The van der Waals surface area contributed by atoms with Crippen molar-refractivity contribution in [3.05, 3.63) is 0 Å². The van der Waals surface area contributed by atoms with E-state index in [9.17, 15) is 13.2 Å². The highest BCUT2D eigenvalue weighted by molar-refractivity contribution is 14.0. The van der Waals surface area contributed by atoms with Gasteiger partial charge < -0.3 is 15.7 Å². The van der Waals surface area contributed by atoms with Crippen molar-refractivity contribution in [2.24, 2.45) is 4.99 Å². The zero-order valence-corrected chi connectivity index (χ0v) is 15.6.